The van der Waals surface area contributed by atoms with Gasteiger partial charge in [0.25, 0.3) is 0 Å². The standard InChI is InChI=1S/C13H15N3O2/c1-2-10(6-14-7-11-8-15-9-16-11)13-12(3-1)17-4-5-18-13/h1-3,8-9,14H,4-7H2,(H,15,16). The molecule has 0 unspecified atom stereocenters. The van der Waals surface area contributed by atoms with Crippen LogP contribution in [0.4, 0.5) is 0 Å². The fourth-order valence-corrected chi connectivity index (χ4v) is 1.99. The van der Waals surface area contributed by atoms with Gasteiger partial charge in [0.1, 0.15) is 13.2 Å². The van der Waals surface area contributed by atoms with Crippen LogP contribution in [-0.2, 0) is 13.1 Å². The van der Waals surface area contributed by atoms with Gasteiger partial charge in [0.05, 0.1) is 6.33 Å². The molecule has 0 saturated carbocycles. The van der Waals surface area contributed by atoms with Crippen molar-refractivity contribution in [2.24, 2.45) is 0 Å². The summed E-state index contributed by atoms with van der Waals surface area (Å²) in [4.78, 5) is 7.03. The molecule has 1 aliphatic rings. The quantitative estimate of drug-likeness (QED) is 0.856. The molecule has 0 fully saturated rings. The van der Waals surface area contributed by atoms with Gasteiger partial charge in [-0.25, -0.2) is 4.98 Å². The summed E-state index contributed by atoms with van der Waals surface area (Å²) < 4.78 is 11.2. The third kappa shape index (κ3) is 2.31. The van der Waals surface area contributed by atoms with Gasteiger partial charge in [-0.3, -0.25) is 0 Å². The number of rotatable bonds is 4. The van der Waals surface area contributed by atoms with Gasteiger partial charge >= 0.3 is 0 Å². The molecule has 0 atom stereocenters. The van der Waals surface area contributed by atoms with Crippen molar-refractivity contribution in [3.05, 3.63) is 42.0 Å². The molecule has 5 nitrogen and oxygen atoms in total. The maximum absolute atomic E-state index is 5.66. The minimum atomic E-state index is 0.616. The molecule has 2 aromatic rings. The fraction of sp³-hybridized carbons (Fsp3) is 0.308. The summed E-state index contributed by atoms with van der Waals surface area (Å²) in [6.45, 7) is 2.73. The Morgan fingerprint density at radius 2 is 2.17 bits per heavy atom. The van der Waals surface area contributed by atoms with E-state index in [-0.39, 0.29) is 0 Å². The van der Waals surface area contributed by atoms with Crippen LogP contribution in [0, 0.1) is 0 Å². The second-order valence-corrected chi connectivity index (χ2v) is 4.12. The predicted octanol–water partition coefficient (Wildman–Crippen LogP) is 1.47. The molecule has 5 heteroatoms. The van der Waals surface area contributed by atoms with Crippen LogP contribution in [0.3, 0.4) is 0 Å². The Bertz CT molecular complexity index is 511. The number of nitrogens with zero attached hydrogens (tertiary/aromatic N) is 1. The molecule has 0 radical (unpaired) electrons. The first-order chi connectivity index (χ1) is 8.93. The van der Waals surface area contributed by atoms with Crippen molar-refractivity contribution in [2.75, 3.05) is 13.2 Å². The Kier molecular flexibility index (Phi) is 3.14. The fourth-order valence-electron chi connectivity index (χ4n) is 1.99. The molecule has 1 aromatic carbocycles. The number of aromatic amines is 1. The van der Waals surface area contributed by atoms with Crippen LogP contribution in [0.1, 0.15) is 11.3 Å². The van der Waals surface area contributed by atoms with Gasteiger partial charge in [-0.15, -0.1) is 0 Å². The smallest absolute Gasteiger partial charge is 0.165 e. The van der Waals surface area contributed by atoms with Gasteiger partial charge in [0.2, 0.25) is 0 Å². The molecule has 1 aliphatic heterocycles. The summed E-state index contributed by atoms with van der Waals surface area (Å²) in [5.41, 5.74) is 2.18. The monoisotopic (exact) mass is 245 g/mol. The summed E-state index contributed by atoms with van der Waals surface area (Å²) in [7, 11) is 0. The Balaban J connectivity index is 1.65. The largest absolute Gasteiger partial charge is 0.486 e. The normalized spacial score (nSPS) is 13.6. The molecule has 3 rings (SSSR count). The van der Waals surface area contributed by atoms with E-state index >= 15 is 0 Å². The van der Waals surface area contributed by atoms with Crippen LogP contribution >= 0.6 is 0 Å². The number of H-pyrrole nitrogens is 1. The van der Waals surface area contributed by atoms with Crippen molar-refractivity contribution in [1.29, 1.82) is 0 Å². The van der Waals surface area contributed by atoms with E-state index in [4.69, 9.17) is 9.47 Å². The molecule has 2 N–H and O–H groups in total. The van der Waals surface area contributed by atoms with Crippen molar-refractivity contribution >= 4 is 0 Å². The summed E-state index contributed by atoms with van der Waals surface area (Å²) in [6, 6.07) is 5.97. The second-order valence-electron chi connectivity index (χ2n) is 4.12. The van der Waals surface area contributed by atoms with Crippen LogP contribution in [-0.4, -0.2) is 23.2 Å². The number of benzene rings is 1. The molecule has 1 aromatic heterocycles. The number of ether oxygens (including phenoxy) is 2. The number of hydrogen-bond acceptors (Lipinski definition) is 4. The molecule has 94 valence electrons. The van der Waals surface area contributed by atoms with Gasteiger partial charge in [0.15, 0.2) is 11.5 Å². The van der Waals surface area contributed by atoms with Crippen LogP contribution in [0.25, 0.3) is 0 Å². The summed E-state index contributed by atoms with van der Waals surface area (Å²) in [6.07, 6.45) is 3.49. The Hall–Kier alpha value is -2.01. The lowest BCUT2D eigenvalue weighted by Gasteiger charge is -2.21. The van der Waals surface area contributed by atoms with Crippen LogP contribution in [0.2, 0.25) is 0 Å². The van der Waals surface area contributed by atoms with Crippen molar-refractivity contribution in [2.45, 2.75) is 13.1 Å². The zero-order valence-electron chi connectivity index (χ0n) is 9.98. The van der Waals surface area contributed by atoms with Crippen molar-refractivity contribution in [3.8, 4) is 11.5 Å². The molecule has 2 heterocycles. The highest BCUT2D eigenvalue weighted by atomic mass is 16.6. The zero-order valence-corrected chi connectivity index (χ0v) is 9.98. The Morgan fingerprint density at radius 3 is 3.06 bits per heavy atom. The van der Waals surface area contributed by atoms with Gasteiger partial charge in [-0.2, -0.15) is 0 Å². The number of para-hydroxylation sites is 1. The Labute approximate surface area is 105 Å². The first-order valence-corrected chi connectivity index (χ1v) is 5.99. The second kappa shape index (κ2) is 5.10. The van der Waals surface area contributed by atoms with Gasteiger partial charge in [-0.05, 0) is 6.07 Å². The number of fused-ring (bicyclic) bond motifs is 1. The van der Waals surface area contributed by atoms with E-state index in [2.05, 4.69) is 15.3 Å². The van der Waals surface area contributed by atoms with Crippen molar-refractivity contribution in [3.63, 3.8) is 0 Å². The Morgan fingerprint density at radius 1 is 1.22 bits per heavy atom. The SMILES string of the molecule is c1cc(CNCc2cnc[nH]2)c2c(c1)OCCO2. The topological polar surface area (TPSA) is 59.2 Å². The highest BCUT2D eigenvalue weighted by Crippen LogP contribution is 2.33. The summed E-state index contributed by atoms with van der Waals surface area (Å²) in [5, 5.41) is 3.35. The van der Waals surface area contributed by atoms with Gasteiger partial charge in [-0.1, -0.05) is 12.1 Å². The van der Waals surface area contributed by atoms with E-state index in [1.165, 1.54) is 0 Å². The summed E-state index contributed by atoms with van der Waals surface area (Å²) >= 11 is 0. The summed E-state index contributed by atoms with van der Waals surface area (Å²) in [5.74, 6) is 1.70. The maximum atomic E-state index is 5.66. The van der Waals surface area contributed by atoms with E-state index < -0.39 is 0 Å². The minimum absolute atomic E-state index is 0.616. The molecule has 0 amide bonds. The van der Waals surface area contributed by atoms with E-state index in [9.17, 15) is 0 Å². The first-order valence-electron chi connectivity index (χ1n) is 5.99. The number of imidazole rings is 1. The van der Waals surface area contributed by atoms with Gasteiger partial charge in [0, 0.05) is 30.5 Å². The molecule has 18 heavy (non-hydrogen) atoms. The number of aromatic nitrogens is 2. The lowest BCUT2D eigenvalue weighted by Crippen LogP contribution is -2.19. The van der Waals surface area contributed by atoms with Gasteiger partial charge < -0.3 is 19.8 Å². The molecule has 0 saturated heterocycles. The maximum Gasteiger partial charge on any atom is 0.165 e. The average molecular weight is 245 g/mol. The first kappa shape index (κ1) is 11.1. The predicted molar refractivity (Wildman–Crippen MR) is 66.6 cm³/mol. The third-order valence-corrected chi connectivity index (χ3v) is 2.83. The van der Waals surface area contributed by atoms with E-state index in [1.54, 1.807) is 6.33 Å². The van der Waals surface area contributed by atoms with Crippen LogP contribution in [0.5, 0.6) is 11.5 Å². The highest BCUT2D eigenvalue weighted by molar-refractivity contribution is 5.47. The molecule has 0 aliphatic carbocycles. The van der Waals surface area contributed by atoms with Crippen molar-refractivity contribution in [1.82, 2.24) is 15.3 Å². The molecular formula is C13H15N3O2. The highest BCUT2D eigenvalue weighted by Gasteiger charge is 2.14. The van der Waals surface area contributed by atoms with E-state index in [1.807, 2.05) is 24.4 Å². The molecule has 0 spiro atoms. The minimum Gasteiger partial charge on any atom is -0.486 e. The number of nitrogens with one attached hydrogen (secondary N) is 2. The zero-order chi connectivity index (χ0) is 12.2. The van der Waals surface area contributed by atoms with Crippen molar-refractivity contribution < 1.29 is 9.47 Å². The van der Waals surface area contributed by atoms with E-state index in [0.717, 1.165) is 35.8 Å². The average Bonchev–Trinajstić information content (AvgIpc) is 2.92. The number of hydrogen-bond donors (Lipinski definition) is 2. The van der Waals surface area contributed by atoms with Crippen LogP contribution < -0.4 is 14.8 Å². The van der Waals surface area contributed by atoms with E-state index in [0.29, 0.717) is 13.2 Å². The third-order valence-electron chi connectivity index (χ3n) is 2.83. The lowest BCUT2D eigenvalue weighted by atomic mass is 10.1. The van der Waals surface area contributed by atoms with Crippen LogP contribution in [0.15, 0.2) is 30.7 Å². The molecular weight excluding hydrogens is 230 g/mol. The lowest BCUT2D eigenvalue weighted by molar-refractivity contribution is 0.169. The molecule has 0 bridgehead atoms.